The number of methoxy groups -OCH3 is 1. The van der Waals surface area contributed by atoms with Crippen LogP contribution in [-0.2, 0) is 4.74 Å². The van der Waals surface area contributed by atoms with Crippen LogP contribution >= 0.6 is 0 Å². The monoisotopic (exact) mass is 378 g/mol. The summed E-state index contributed by atoms with van der Waals surface area (Å²) in [6.07, 6.45) is 2.38. The topological polar surface area (TPSA) is 43.3 Å². The van der Waals surface area contributed by atoms with Gasteiger partial charge in [-0.25, -0.2) is 5.01 Å². The van der Waals surface area contributed by atoms with Crippen LogP contribution in [0.3, 0.4) is 0 Å². The molecule has 0 aromatic heterocycles. The number of rotatable bonds is 2. The van der Waals surface area contributed by atoms with Gasteiger partial charge in [0, 0.05) is 24.8 Å². The normalized spacial score (nSPS) is 27.6. The lowest BCUT2D eigenvalue weighted by molar-refractivity contribution is -0.212. The number of fused-ring (bicyclic) bond motifs is 4. The van der Waals surface area contributed by atoms with Crippen molar-refractivity contribution >= 4 is 5.71 Å². The molecule has 0 bridgehead atoms. The number of hydrogen-bond donors (Lipinski definition) is 0. The fraction of sp³-hybridized carbons (Fsp3) is 0.435. The lowest BCUT2D eigenvalue weighted by Gasteiger charge is -2.52. The molecule has 3 aliphatic rings. The average Bonchev–Trinajstić information content (AvgIpc) is 3.14. The maximum Gasteiger partial charge on any atom is 0.203 e. The summed E-state index contributed by atoms with van der Waals surface area (Å²) in [4.78, 5) is 0. The Morgan fingerprint density at radius 3 is 2.68 bits per heavy atom. The molecule has 0 aliphatic carbocycles. The second-order valence-electron chi connectivity index (χ2n) is 8.44. The predicted molar refractivity (Wildman–Crippen MR) is 108 cm³/mol. The Labute approximate surface area is 165 Å². The summed E-state index contributed by atoms with van der Waals surface area (Å²) < 4.78 is 18.4. The molecule has 0 saturated carbocycles. The van der Waals surface area contributed by atoms with E-state index in [0.717, 1.165) is 42.0 Å². The molecule has 5 nitrogen and oxygen atoms in total. The van der Waals surface area contributed by atoms with E-state index < -0.39 is 5.72 Å². The van der Waals surface area contributed by atoms with Crippen molar-refractivity contribution in [1.82, 2.24) is 5.01 Å². The van der Waals surface area contributed by atoms with E-state index in [9.17, 15) is 0 Å². The van der Waals surface area contributed by atoms with Crippen molar-refractivity contribution in [3.8, 4) is 11.5 Å². The zero-order valence-corrected chi connectivity index (χ0v) is 16.6. The summed E-state index contributed by atoms with van der Waals surface area (Å²) in [5, 5.41) is 7.32. The molecular formula is C23H26N2O3. The lowest BCUT2D eigenvalue weighted by Crippen LogP contribution is -2.60. The van der Waals surface area contributed by atoms with Gasteiger partial charge in [-0.05, 0) is 25.5 Å². The Hall–Kier alpha value is -2.53. The molecule has 0 N–H and O–H groups in total. The highest BCUT2D eigenvalue weighted by Crippen LogP contribution is 2.54. The number of para-hydroxylation sites is 1. The summed E-state index contributed by atoms with van der Waals surface area (Å²) in [7, 11) is 1.70. The van der Waals surface area contributed by atoms with E-state index in [0.29, 0.717) is 6.61 Å². The van der Waals surface area contributed by atoms with Crippen LogP contribution in [0.2, 0.25) is 0 Å². The summed E-state index contributed by atoms with van der Waals surface area (Å²) in [5.41, 5.74) is 2.62. The zero-order valence-electron chi connectivity index (χ0n) is 16.6. The van der Waals surface area contributed by atoms with Gasteiger partial charge in [0.2, 0.25) is 5.72 Å². The molecule has 0 amide bonds. The fourth-order valence-corrected chi connectivity index (χ4v) is 4.81. The quantitative estimate of drug-likeness (QED) is 0.770. The van der Waals surface area contributed by atoms with Crippen LogP contribution in [0.15, 0.2) is 53.6 Å². The summed E-state index contributed by atoms with van der Waals surface area (Å²) in [5.74, 6) is 1.64. The van der Waals surface area contributed by atoms with E-state index >= 15 is 0 Å². The highest BCUT2D eigenvalue weighted by molar-refractivity contribution is 6.02. The summed E-state index contributed by atoms with van der Waals surface area (Å²) in [6.45, 7) is 4.90. The molecular weight excluding hydrogens is 352 g/mol. The minimum Gasteiger partial charge on any atom is -0.493 e. The maximum absolute atomic E-state index is 6.73. The predicted octanol–water partition coefficient (Wildman–Crippen LogP) is 4.52. The average molecular weight is 378 g/mol. The molecule has 2 unspecified atom stereocenters. The minimum absolute atomic E-state index is 0.142. The van der Waals surface area contributed by atoms with E-state index in [1.165, 1.54) is 5.56 Å². The molecule has 146 valence electrons. The standard InChI is InChI=1S/C23H26N2O3/c1-22(2)15-23(12-13-27-22)25-19(14-18(24-25)16-8-5-4-6-9-16)17-10-7-11-20(26-3)21(17)28-23/h4-11,19H,12-15H2,1-3H3. The fourth-order valence-electron chi connectivity index (χ4n) is 4.81. The Morgan fingerprint density at radius 2 is 1.93 bits per heavy atom. The van der Waals surface area contributed by atoms with Crippen LogP contribution in [0.5, 0.6) is 11.5 Å². The molecule has 0 radical (unpaired) electrons. The van der Waals surface area contributed by atoms with Gasteiger partial charge < -0.3 is 14.2 Å². The van der Waals surface area contributed by atoms with Crippen molar-refractivity contribution in [2.24, 2.45) is 5.10 Å². The molecule has 2 atom stereocenters. The van der Waals surface area contributed by atoms with Crippen molar-refractivity contribution < 1.29 is 14.2 Å². The third-order valence-corrected chi connectivity index (χ3v) is 6.00. The third kappa shape index (κ3) is 2.68. The first-order valence-electron chi connectivity index (χ1n) is 9.93. The van der Waals surface area contributed by atoms with Crippen molar-refractivity contribution in [3.05, 3.63) is 59.7 Å². The van der Waals surface area contributed by atoms with Crippen LogP contribution in [0, 0.1) is 0 Å². The largest absolute Gasteiger partial charge is 0.493 e. The molecule has 5 heteroatoms. The van der Waals surface area contributed by atoms with Gasteiger partial charge in [-0.2, -0.15) is 5.10 Å². The molecule has 5 rings (SSSR count). The van der Waals surface area contributed by atoms with E-state index in [2.05, 4.69) is 49.2 Å². The van der Waals surface area contributed by atoms with Crippen molar-refractivity contribution in [1.29, 1.82) is 0 Å². The van der Waals surface area contributed by atoms with E-state index in [1.54, 1.807) is 7.11 Å². The molecule has 3 heterocycles. The van der Waals surface area contributed by atoms with Crippen LogP contribution in [0.25, 0.3) is 0 Å². The summed E-state index contributed by atoms with van der Waals surface area (Å²) in [6, 6.07) is 16.7. The molecule has 2 aromatic rings. The van der Waals surface area contributed by atoms with Gasteiger partial charge in [-0.1, -0.05) is 42.5 Å². The Kier molecular flexibility index (Phi) is 3.91. The number of ether oxygens (including phenoxy) is 3. The molecule has 1 spiro atoms. The molecule has 3 aliphatic heterocycles. The number of nitrogens with zero attached hydrogens (tertiary/aromatic N) is 2. The van der Waals surface area contributed by atoms with E-state index in [4.69, 9.17) is 19.3 Å². The van der Waals surface area contributed by atoms with Crippen molar-refractivity contribution in [2.45, 2.75) is 50.5 Å². The second-order valence-corrected chi connectivity index (χ2v) is 8.44. The lowest BCUT2D eigenvalue weighted by atomic mass is 9.86. The van der Waals surface area contributed by atoms with Gasteiger partial charge in [0.25, 0.3) is 0 Å². The van der Waals surface area contributed by atoms with Crippen molar-refractivity contribution in [3.63, 3.8) is 0 Å². The van der Waals surface area contributed by atoms with Crippen LogP contribution in [0.1, 0.15) is 50.3 Å². The zero-order chi connectivity index (χ0) is 19.4. The van der Waals surface area contributed by atoms with E-state index in [-0.39, 0.29) is 11.6 Å². The molecule has 1 saturated heterocycles. The first kappa shape index (κ1) is 17.6. The van der Waals surface area contributed by atoms with Crippen LogP contribution in [0.4, 0.5) is 0 Å². The van der Waals surface area contributed by atoms with Gasteiger partial charge >= 0.3 is 0 Å². The van der Waals surface area contributed by atoms with Gasteiger partial charge in [0.05, 0.1) is 31.1 Å². The summed E-state index contributed by atoms with van der Waals surface area (Å²) >= 11 is 0. The SMILES string of the molecule is COc1cccc2c1OC1(CCOC(C)(C)C1)N1N=C(c3ccccc3)CC21. The molecule has 2 aromatic carbocycles. The molecule has 1 fully saturated rings. The minimum atomic E-state index is -0.523. The third-order valence-electron chi connectivity index (χ3n) is 6.00. The van der Waals surface area contributed by atoms with Crippen LogP contribution in [-0.4, -0.2) is 35.8 Å². The first-order valence-corrected chi connectivity index (χ1v) is 9.93. The van der Waals surface area contributed by atoms with Gasteiger partial charge in [0.15, 0.2) is 11.5 Å². The number of benzene rings is 2. The number of hydrazone groups is 1. The Bertz CT molecular complexity index is 925. The van der Waals surface area contributed by atoms with Gasteiger partial charge in [0.1, 0.15) is 0 Å². The first-order chi connectivity index (χ1) is 13.5. The Balaban J connectivity index is 1.64. The highest BCUT2D eigenvalue weighted by Gasteiger charge is 2.55. The molecule has 28 heavy (non-hydrogen) atoms. The van der Waals surface area contributed by atoms with Crippen LogP contribution < -0.4 is 9.47 Å². The smallest absolute Gasteiger partial charge is 0.203 e. The Morgan fingerprint density at radius 1 is 1.11 bits per heavy atom. The van der Waals surface area contributed by atoms with Crippen molar-refractivity contribution in [2.75, 3.05) is 13.7 Å². The van der Waals surface area contributed by atoms with Gasteiger partial charge in [-0.3, -0.25) is 0 Å². The highest BCUT2D eigenvalue weighted by atomic mass is 16.6. The van der Waals surface area contributed by atoms with E-state index in [1.807, 2.05) is 18.2 Å². The number of hydrogen-bond acceptors (Lipinski definition) is 5. The maximum atomic E-state index is 6.73. The van der Waals surface area contributed by atoms with Gasteiger partial charge in [-0.15, -0.1) is 0 Å². The second kappa shape index (κ2) is 6.24.